The van der Waals surface area contributed by atoms with E-state index in [0.29, 0.717) is 11.3 Å². The number of hydrogen-bond acceptors (Lipinski definition) is 2. The highest BCUT2D eigenvalue weighted by Crippen LogP contribution is 2.12. The van der Waals surface area contributed by atoms with Gasteiger partial charge in [-0.05, 0) is 12.1 Å². The lowest BCUT2D eigenvalue weighted by Crippen LogP contribution is -2.15. The number of rotatable bonds is 2. The number of nitrogens with two attached hydrogens (primary N) is 1. The molecular formula is C12H10N2O2. The number of nitrogens with zero attached hydrogens (tertiary/aromatic N) is 1. The van der Waals surface area contributed by atoms with Gasteiger partial charge in [0.25, 0.3) is 5.91 Å². The summed E-state index contributed by atoms with van der Waals surface area (Å²) in [5.74, 6) is -0.491. The maximum Gasteiger partial charge on any atom is 0.250 e. The number of hydrogen-bond donors (Lipinski definition) is 1. The van der Waals surface area contributed by atoms with Crippen LogP contribution in [0.3, 0.4) is 0 Å². The van der Waals surface area contributed by atoms with Gasteiger partial charge in [-0.15, -0.1) is 0 Å². The molecule has 1 heterocycles. The van der Waals surface area contributed by atoms with Crippen molar-refractivity contribution in [1.29, 1.82) is 0 Å². The van der Waals surface area contributed by atoms with E-state index < -0.39 is 5.91 Å². The summed E-state index contributed by atoms with van der Waals surface area (Å²) in [6, 6.07) is 9.82. The van der Waals surface area contributed by atoms with Gasteiger partial charge in [0, 0.05) is 24.5 Å². The summed E-state index contributed by atoms with van der Waals surface area (Å²) in [5.41, 5.74) is 6.28. The fraction of sp³-hybridized carbons (Fsp3) is 0. The predicted molar refractivity (Wildman–Crippen MR) is 60.6 cm³/mol. The molecule has 0 radical (unpaired) electrons. The van der Waals surface area contributed by atoms with Gasteiger partial charge in [-0.3, -0.25) is 9.59 Å². The largest absolute Gasteiger partial charge is 0.366 e. The summed E-state index contributed by atoms with van der Waals surface area (Å²) in [5, 5.41) is 0. The Morgan fingerprint density at radius 3 is 2.31 bits per heavy atom. The molecule has 4 heteroatoms. The van der Waals surface area contributed by atoms with Gasteiger partial charge in [0.1, 0.15) is 0 Å². The van der Waals surface area contributed by atoms with Crippen LogP contribution in [0.4, 0.5) is 0 Å². The molecule has 0 fully saturated rings. The van der Waals surface area contributed by atoms with Crippen LogP contribution in [-0.4, -0.2) is 10.5 Å². The Bertz CT molecular complexity index is 567. The van der Waals surface area contributed by atoms with Gasteiger partial charge in [-0.1, -0.05) is 12.1 Å². The molecule has 4 nitrogen and oxygen atoms in total. The normalized spacial score (nSPS) is 10.0. The van der Waals surface area contributed by atoms with Gasteiger partial charge < -0.3 is 10.3 Å². The van der Waals surface area contributed by atoms with Crippen molar-refractivity contribution in [3.8, 4) is 5.69 Å². The van der Waals surface area contributed by atoms with E-state index in [0.717, 1.165) is 0 Å². The van der Waals surface area contributed by atoms with Crippen molar-refractivity contribution >= 4 is 5.91 Å². The molecule has 2 rings (SSSR count). The molecule has 16 heavy (non-hydrogen) atoms. The molecule has 80 valence electrons. The molecule has 0 aliphatic carbocycles. The van der Waals surface area contributed by atoms with Crippen molar-refractivity contribution in [2.45, 2.75) is 0 Å². The fourth-order valence-corrected chi connectivity index (χ4v) is 1.48. The molecule has 2 aromatic rings. The van der Waals surface area contributed by atoms with Gasteiger partial charge in [-0.25, -0.2) is 0 Å². The minimum absolute atomic E-state index is 0.0761. The van der Waals surface area contributed by atoms with E-state index in [4.69, 9.17) is 5.73 Å². The van der Waals surface area contributed by atoms with Crippen LogP contribution in [0.2, 0.25) is 0 Å². The highest BCUT2D eigenvalue weighted by molar-refractivity contribution is 5.96. The first-order valence-corrected chi connectivity index (χ1v) is 4.76. The zero-order chi connectivity index (χ0) is 11.5. The Kier molecular flexibility index (Phi) is 2.55. The van der Waals surface area contributed by atoms with Gasteiger partial charge >= 0.3 is 0 Å². The summed E-state index contributed by atoms with van der Waals surface area (Å²) in [6.07, 6.45) is 3.20. The third-order valence-corrected chi connectivity index (χ3v) is 2.25. The molecule has 0 atom stereocenters. The number of para-hydroxylation sites is 1. The number of carbonyl (C=O) groups excluding carboxylic acids is 1. The van der Waals surface area contributed by atoms with Crippen LogP contribution in [0.1, 0.15) is 10.4 Å². The zero-order valence-electron chi connectivity index (χ0n) is 8.46. The van der Waals surface area contributed by atoms with E-state index in [-0.39, 0.29) is 5.43 Å². The first-order valence-electron chi connectivity index (χ1n) is 4.76. The Balaban J connectivity index is 2.59. The maximum atomic E-state index is 11.2. The van der Waals surface area contributed by atoms with Crippen LogP contribution in [-0.2, 0) is 0 Å². The fourth-order valence-electron chi connectivity index (χ4n) is 1.48. The van der Waals surface area contributed by atoms with Crippen molar-refractivity contribution in [3.05, 3.63) is 64.6 Å². The molecule has 1 aromatic heterocycles. The first-order chi connectivity index (χ1) is 7.68. The van der Waals surface area contributed by atoms with Gasteiger partial charge in [0.2, 0.25) is 0 Å². The number of carbonyl (C=O) groups is 1. The lowest BCUT2D eigenvalue weighted by molar-refractivity contribution is 0.100. The molecule has 0 aliphatic rings. The zero-order valence-corrected chi connectivity index (χ0v) is 8.46. The minimum Gasteiger partial charge on any atom is -0.366 e. The van der Waals surface area contributed by atoms with Gasteiger partial charge in [0.05, 0.1) is 11.3 Å². The minimum atomic E-state index is -0.491. The monoisotopic (exact) mass is 214 g/mol. The molecule has 1 amide bonds. The average Bonchev–Trinajstić information content (AvgIpc) is 2.30. The number of primary amides is 1. The standard InChI is InChI=1S/C12H10N2O2/c13-12(16)10-3-1-2-4-11(10)14-7-5-9(15)6-8-14/h1-8H,(H2,13,16). The number of amides is 1. The molecule has 0 unspecified atom stereocenters. The quantitative estimate of drug-likeness (QED) is 0.808. The third-order valence-electron chi connectivity index (χ3n) is 2.25. The van der Waals surface area contributed by atoms with Crippen LogP contribution < -0.4 is 11.2 Å². The summed E-state index contributed by atoms with van der Waals surface area (Å²) in [7, 11) is 0. The molecule has 0 spiro atoms. The van der Waals surface area contributed by atoms with Crippen LogP contribution in [0.5, 0.6) is 0 Å². The van der Waals surface area contributed by atoms with Crippen molar-refractivity contribution in [2.75, 3.05) is 0 Å². The molecule has 0 aliphatic heterocycles. The van der Waals surface area contributed by atoms with Crippen molar-refractivity contribution < 1.29 is 4.79 Å². The second kappa shape index (κ2) is 4.02. The number of benzene rings is 1. The Labute approximate surface area is 91.9 Å². The summed E-state index contributed by atoms with van der Waals surface area (Å²) >= 11 is 0. The van der Waals surface area contributed by atoms with Crippen LogP contribution >= 0.6 is 0 Å². The van der Waals surface area contributed by atoms with Gasteiger partial charge in [-0.2, -0.15) is 0 Å². The molecule has 0 saturated carbocycles. The second-order valence-corrected chi connectivity index (χ2v) is 3.32. The Morgan fingerprint density at radius 2 is 1.69 bits per heavy atom. The van der Waals surface area contributed by atoms with E-state index in [1.165, 1.54) is 12.1 Å². The van der Waals surface area contributed by atoms with Crippen LogP contribution in [0.25, 0.3) is 5.69 Å². The first kappa shape index (κ1) is 10.2. The van der Waals surface area contributed by atoms with Crippen molar-refractivity contribution in [1.82, 2.24) is 4.57 Å². The highest BCUT2D eigenvalue weighted by Gasteiger charge is 2.07. The van der Waals surface area contributed by atoms with Gasteiger partial charge in [0.15, 0.2) is 5.43 Å². The number of aromatic nitrogens is 1. The van der Waals surface area contributed by atoms with E-state index >= 15 is 0 Å². The topological polar surface area (TPSA) is 65.1 Å². The Hall–Kier alpha value is -2.36. The molecular weight excluding hydrogens is 204 g/mol. The SMILES string of the molecule is NC(=O)c1ccccc1-n1ccc(=O)cc1. The van der Waals surface area contributed by atoms with Crippen molar-refractivity contribution in [3.63, 3.8) is 0 Å². The predicted octanol–water partition coefficient (Wildman–Crippen LogP) is 0.936. The van der Waals surface area contributed by atoms with Crippen LogP contribution in [0.15, 0.2) is 53.6 Å². The number of pyridine rings is 1. The smallest absolute Gasteiger partial charge is 0.250 e. The second-order valence-electron chi connectivity index (χ2n) is 3.32. The average molecular weight is 214 g/mol. The summed E-state index contributed by atoms with van der Waals surface area (Å²) in [6.45, 7) is 0. The van der Waals surface area contributed by atoms with E-state index in [1.54, 1.807) is 41.2 Å². The van der Waals surface area contributed by atoms with Crippen molar-refractivity contribution in [2.24, 2.45) is 5.73 Å². The molecule has 0 bridgehead atoms. The van der Waals surface area contributed by atoms with E-state index in [1.807, 2.05) is 0 Å². The lowest BCUT2D eigenvalue weighted by atomic mass is 10.1. The molecule has 2 N–H and O–H groups in total. The Morgan fingerprint density at radius 1 is 1.06 bits per heavy atom. The molecule has 0 saturated heterocycles. The molecule has 1 aromatic carbocycles. The maximum absolute atomic E-state index is 11.2. The third kappa shape index (κ3) is 1.86. The van der Waals surface area contributed by atoms with E-state index in [9.17, 15) is 9.59 Å². The summed E-state index contributed by atoms with van der Waals surface area (Å²) in [4.78, 5) is 22.2. The van der Waals surface area contributed by atoms with E-state index in [2.05, 4.69) is 0 Å². The lowest BCUT2D eigenvalue weighted by Gasteiger charge is -2.09. The van der Waals surface area contributed by atoms with Crippen LogP contribution in [0, 0.1) is 0 Å². The summed E-state index contributed by atoms with van der Waals surface area (Å²) < 4.78 is 1.68. The highest BCUT2D eigenvalue weighted by atomic mass is 16.1.